The van der Waals surface area contributed by atoms with Crippen molar-refractivity contribution < 1.29 is 9.32 Å². The standard InChI is InChI=1S/C15H18N4O2/c1-11-9-13(18-21-11)15(20)17-12-5-4-8-19(10-12)14-6-2-3-7-16-14/h2-3,6-7,9,12H,4-5,8,10H2,1H3,(H,17,20)/t12-/m1/s1. The highest BCUT2D eigenvalue weighted by atomic mass is 16.5. The van der Waals surface area contributed by atoms with E-state index in [9.17, 15) is 4.79 Å². The number of nitrogens with zero attached hydrogens (tertiary/aromatic N) is 3. The first kappa shape index (κ1) is 13.6. The minimum atomic E-state index is -0.181. The van der Waals surface area contributed by atoms with Crippen LogP contribution in [0.1, 0.15) is 29.1 Å². The Labute approximate surface area is 123 Å². The summed E-state index contributed by atoms with van der Waals surface area (Å²) in [6.45, 7) is 3.50. The van der Waals surface area contributed by atoms with Crippen molar-refractivity contribution >= 4 is 11.7 Å². The summed E-state index contributed by atoms with van der Waals surface area (Å²) in [4.78, 5) is 18.7. The Kier molecular flexibility index (Phi) is 3.85. The molecular formula is C15H18N4O2. The first-order chi connectivity index (χ1) is 10.2. The van der Waals surface area contributed by atoms with Crippen LogP contribution in [0.4, 0.5) is 5.82 Å². The van der Waals surface area contributed by atoms with Crippen LogP contribution in [0.15, 0.2) is 35.0 Å². The molecule has 0 aliphatic carbocycles. The lowest BCUT2D eigenvalue weighted by atomic mass is 10.1. The predicted octanol–water partition coefficient (Wildman–Crippen LogP) is 1.78. The van der Waals surface area contributed by atoms with Crippen LogP contribution in [0.25, 0.3) is 0 Å². The first-order valence-corrected chi connectivity index (χ1v) is 7.12. The average Bonchev–Trinajstić information content (AvgIpc) is 2.95. The second-order valence-electron chi connectivity index (χ2n) is 5.27. The third kappa shape index (κ3) is 3.21. The van der Waals surface area contributed by atoms with Gasteiger partial charge in [-0.25, -0.2) is 4.98 Å². The number of nitrogens with one attached hydrogen (secondary N) is 1. The van der Waals surface area contributed by atoms with Crippen molar-refractivity contribution in [1.29, 1.82) is 0 Å². The molecule has 3 heterocycles. The van der Waals surface area contributed by atoms with Gasteiger partial charge in [-0.05, 0) is 31.9 Å². The molecule has 1 aliphatic heterocycles. The van der Waals surface area contributed by atoms with E-state index in [-0.39, 0.29) is 11.9 Å². The molecule has 0 spiro atoms. The summed E-state index contributed by atoms with van der Waals surface area (Å²) in [6.07, 6.45) is 3.78. The zero-order chi connectivity index (χ0) is 14.7. The van der Waals surface area contributed by atoms with Crippen molar-refractivity contribution in [3.8, 4) is 0 Å². The number of hydrogen-bond acceptors (Lipinski definition) is 5. The number of carbonyl (C=O) groups is 1. The van der Waals surface area contributed by atoms with E-state index in [2.05, 4.69) is 20.4 Å². The van der Waals surface area contributed by atoms with Crippen LogP contribution in [0.2, 0.25) is 0 Å². The molecule has 1 fully saturated rings. The molecule has 0 radical (unpaired) electrons. The van der Waals surface area contributed by atoms with Gasteiger partial charge in [0.25, 0.3) is 5.91 Å². The summed E-state index contributed by atoms with van der Waals surface area (Å²) in [6, 6.07) is 7.62. The van der Waals surface area contributed by atoms with Crippen molar-refractivity contribution in [1.82, 2.24) is 15.5 Å². The van der Waals surface area contributed by atoms with E-state index in [0.717, 1.165) is 31.7 Å². The molecule has 0 saturated carbocycles. The molecule has 110 valence electrons. The van der Waals surface area contributed by atoms with Crippen molar-refractivity contribution in [2.75, 3.05) is 18.0 Å². The molecule has 21 heavy (non-hydrogen) atoms. The summed E-state index contributed by atoms with van der Waals surface area (Å²) in [5.74, 6) is 1.41. The lowest BCUT2D eigenvalue weighted by Gasteiger charge is -2.33. The Morgan fingerprint density at radius 1 is 1.48 bits per heavy atom. The molecule has 2 aromatic heterocycles. The van der Waals surface area contributed by atoms with E-state index in [0.29, 0.717) is 11.5 Å². The maximum Gasteiger partial charge on any atom is 0.273 e. The molecule has 0 unspecified atom stereocenters. The molecule has 0 bridgehead atoms. The molecule has 0 aromatic carbocycles. The fraction of sp³-hybridized carbons (Fsp3) is 0.400. The molecule has 6 nitrogen and oxygen atoms in total. The number of aryl methyl sites for hydroxylation is 1. The highest BCUT2D eigenvalue weighted by molar-refractivity contribution is 5.92. The van der Waals surface area contributed by atoms with E-state index in [4.69, 9.17) is 4.52 Å². The van der Waals surface area contributed by atoms with Gasteiger partial charge in [-0.2, -0.15) is 0 Å². The summed E-state index contributed by atoms with van der Waals surface area (Å²) in [5.41, 5.74) is 0.336. The second kappa shape index (κ2) is 5.95. The van der Waals surface area contributed by atoms with Crippen LogP contribution in [-0.4, -0.2) is 35.2 Å². The Morgan fingerprint density at radius 3 is 3.10 bits per heavy atom. The maximum atomic E-state index is 12.1. The lowest BCUT2D eigenvalue weighted by Crippen LogP contribution is -2.48. The minimum absolute atomic E-state index is 0.102. The van der Waals surface area contributed by atoms with Crippen molar-refractivity contribution in [3.05, 3.63) is 41.9 Å². The lowest BCUT2D eigenvalue weighted by molar-refractivity contribution is 0.0924. The number of amides is 1. The third-order valence-corrected chi connectivity index (χ3v) is 3.59. The van der Waals surface area contributed by atoms with Gasteiger partial charge in [0.15, 0.2) is 5.69 Å². The largest absolute Gasteiger partial charge is 0.361 e. The van der Waals surface area contributed by atoms with Crippen LogP contribution in [0.5, 0.6) is 0 Å². The van der Waals surface area contributed by atoms with Gasteiger partial charge >= 0.3 is 0 Å². The number of hydrogen-bond donors (Lipinski definition) is 1. The molecule has 2 aromatic rings. The molecule has 1 saturated heterocycles. The van der Waals surface area contributed by atoms with Gasteiger partial charge in [0.05, 0.1) is 0 Å². The van der Waals surface area contributed by atoms with Gasteiger partial charge < -0.3 is 14.7 Å². The Hall–Kier alpha value is -2.37. The first-order valence-electron chi connectivity index (χ1n) is 7.12. The van der Waals surface area contributed by atoms with Crippen LogP contribution < -0.4 is 10.2 Å². The van der Waals surface area contributed by atoms with Gasteiger partial charge in [0.2, 0.25) is 0 Å². The minimum Gasteiger partial charge on any atom is -0.361 e. The highest BCUT2D eigenvalue weighted by Crippen LogP contribution is 2.17. The molecule has 1 N–H and O–H groups in total. The van der Waals surface area contributed by atoms with E-state index in [1.807, 2.05) is 18.2 Å². The number of rotatable bonds is 3. The number of aromatic nitrogens is 2. The zero-order valence-corrected chi connectivity index (χ0v) is 12.0. The maximum absolute atomic E-state index is 12.1. The summed E-state index contributed by atoms with van der Waals surface area (Å²) in [7, 11) is 0. The molecule has 1 aliphatic rings. The SMILES string of the molecule is Cc1cc(C(=O)N[C@@H]2CCCN(c3ccccn3)C2)no1. The van der Waals surface area contributed by atoms with Gasteiger partial charge in [0.1, 0.15) is 11.6 Å². The monoisotopic (exact) mass is 286 g/mol. The topological polar surface area (TPSA) is 71.3 Å². The summed E-state index contributed by atoms with van der Waals surface area (Å²) < 4.78 is 4.93. The fourth-order valence-corrected chi connectivity index (χ4v) is 2.58. The molecule has 1 atom stereocenters. The summed E-state index contributed by atoms with van der Waals surface area (Å²) >= 11 is 0. The average molecular weight is 286 g/mol. The van der Waals surface area contributed by atoms with Gasteiger partial charge in [0, 0.05) is 31.4 Å². The normalized spacial score (nSPS) is 18.5. The predicted molar refractivity (Wildman–Crippen MR) is 78.2 cm³/mol. The second-order valence-corrected chi connectivity index (χ2v) is 5.27. The third-order valence-electron chi connectivity index (χ3n) is 3.59. The number of piperidine rings is 1. The van der Waals surface area contributed by atoms with Crippen molar-refractivity contribution in [3.63, 3.8) is 0 Å². The Bertz CT molecular complexity index is 611. The van der Waals surface area contributed by atoms with Crippen molar-refractivity contribution in [2.24, 2.45) is 0 Å². The summed E-state index contributed by atoms with van der Waals surface area (Å²) in [5, 5.41) is 6.76. The number of carbonyl (C=O) groups excluding carboxylic acids is 1. The molecule has 1 amide bonds. The number of anilines is 1. The zero-order valence-electron chi connectivity index (χ0n) is 12.0. The smallest absolute Gasteiger partial charge is 0.273 e. The van der Waals surface area contributed by atoms with Crippen LogP contribution in [0, 0.1) is 6.92 Å². The van der Waals surface area contributed by atoms with E-state index in [1.165, 1.54) is 0 Å². The molecule has 6 heteroatoms. The van der Waals surface area contributed by atoms with Gasteiger partial charge in [-0.3, -0.25) is 4.79 Å². The Balaban J connectivity index is 1.62. The van der Waals surface area contributed by atoms with Gasteiger partial charge in [-0.1, -0.05) is 11.2 Å². The van der Waals surface area contributed by atoms with Gasteiger partial charge in [-0.15, -0.1) is 0 Å². The highest BCUT2D eigenvalue weighted by Gasteiger charge is 2.23. The fourth-order valence-electron chi connectivity index (χ4n) is 2.58. The quantitative estimate of drug-likeness (QED) is 0.931. The van der Waals surface area contributed by atoms with Crippen molar-refractivity contribution in [2.45, 2.75) is 25.8 Å². The molecule has 3 rings (SSSR count). The van der Waals surface area contributed by atoms with Crippen LogP contribution in [-0.2, 0) is 0 Å². The Morgan fingerprint density at radius 2 is 2.38 bits per heavy atom. The van der Waals surface area contributed by atoms with E-state index in [1.54, 1.807) is 19.2 Å². The van der Waals surface area contributed by atoms with Crippen LogP contribution >= 0.6 is 0 Å². The molecular weight excluding hydrogens is 268 g/mol. The van der Waals surface area contributed by atoms with E-state index < -0.39 is 0 Å². The number of pyridine rings is 1. The van der Waals surface area contributed by atoms with Crippen LogP contribution in [0.3, 0.4) is 0 Å². The van der Waals surface area contributed by atoms with E-state index >= 15 is 0 Å².